The highest BCUT2D eigenvalue weighted by Crippen LogP contribution is 2.31. The van der Waals surface area contributed by atoms with Crippen LogP contribution in [0.2, 0.25) is 0 Å². The van der Waals surface area contributed by atoms with Crippen LogP contribution in [0.25, 0.3) is 17.1 Å². The number of amides is 1. The van der Waals surface area contributed by atoms with Gasteiger partial charge in [-0.1, -0.05) is 75.0 Å². The quantitative estimate of drug-likeness (QED) is 0.299. The molecule has 0 saturated heterocycles. The van der Waals surface area contributed by atoms with Crippen molar-refractivity contribution in [2.45, 2.75) is 31.3 Å². The van der Waals surface area contributed by atoms with Crippen LogP contribution in [-0.4, -0.2) is 40.6 Å². The number of thioether (sulfide) groups is 1. The zero-order valence-electron chi connectivity index (χ0n) is 21.1. The van der Waals surface area contributed by atoms with Gasteiger partial charge in [0.15, 0.2) is 11.0 Å². The van der Waals surface area contributed by atoms with Gasteiger partial charge in [-0.3, -0.25) is 9.36 Å². The largest absolute Gasteiger partial charge is 0.497 e. The van der Waals surface area contributed by atoms with Crippen LogP contribution in [0.5, 0.6) is 11.5 Å². The lowest BCUT2D eigenvalue weighted by atomic mass is 9.87. The van der Waals surface area contributed by atoms with E-state index < -0.39 is 0 Å². The fourth-order valence-corrected chi connectivity index (χ4v) is 4.44. The predicted molar refractivity (Wildman–Crippen MR) is 144 cm³/mol. The van der Waals surface area contributed by atoms with E-state index in [1.165, 1.54) is 17.3 Å². The van der Waals surface area contributed by atoms with E-state index in [0.29, 0.717) is 22.3 Å². The summed E-state index contributed by atoms with van der Waals surface area (Å²) in [6.45, 7) is 6.57. The van der Waals surface area contributed by atoms with E-state index in [-0.39, 0.29) is 17.1 Å². The molecular formula is C28H30N4O3S. The highest BCUT2D eigenvalue weighted by Gasteiger charge is 2.19. The van der Waals surface area contributed by atoms with Crippen molar-refractivity contribution in [1.82, 2.24) is 14.8 Å². The van der Waals surface area contributed by atoms with Crippen LogP contribution in [0.3, 0.4) is 0 Å². The number of hydrogen-bond donors (Lipinski definition) is 1. The molecule has 4 aromatic rings. The molecule has 0 aliphatic carbocycles. The van der Waals surface area contributed by atoms with Crippen LogP contribution in [0, 0.1) is 0 Å². The minimum atomic E-state index is -0.172. The molecule has 0 unspecified atom stereocenters. The third-order valence-electron chi connectivity index (χ3n) is 5.62. The monoisotopic (exact) mass is 502 g/mol. The van der Waals surface area contributed by atoms with Crippen LogP contribution >= 0.6 is 11.8 Å². The molecule has 0 aliphatic rings. The summed E-state index contributed by atoms with van der Waals surface area (Å²) in [6, 6.07) is 23.6. The van der Waals surface area contributed by atoms with Gasteiger partial charge in [0.25, 0.3) is 0 Å². The fourth-order valence-electron chi connectivity index (χ4n) is 3.69. The standard InChI is InChI=1S/C28H30N4O3S/c1-28(2,3)20-13-11-19(12-14-20)26-30-31-27(32(26)22-9-7-6-8-10-22)36-18-25(33)29-21-15-23(34-4)17-24(16-21)35-5/h6-17H,18H2,1-5H3,(H,29,33). The topological polar surface area (TPSA) is 78.3 Å². The lowest BCUT2D eigenvalue weighted by Gasteiger charge is -2.19. The molecule has 0 spiro atoms. The van der Waals surface area contributed by atoms with Crippen molar-refractivity contribution in [2.24, 2.45) is 0 Å². The summed E-state index contributed by atoms with van der Waals surface area (Å²) in [5.74, 6) is 1.91. The highest BCUT2D eigenvalue weighted by molar-refractivity contribution is 7.99. The van der Waals surface area contributed by atoms with Crippen molar-refractivity contribution in [3.63, 3.8) is 0 Å². The number of methoxy groups -OCH3 is 2. The number of carbonyl (C=O) groups excluding carboxylic acids is 1. The molecule has 1 heterocycles. The Morgan fingerprint density at radius 2 is 1.56 bits per heavy atom. The average molecular weight is 503 g/mol. The zero-order valence-corrected chi connectivity index (χ0v) is 21.9. The summed E-state index contributed by atoms with van der Waals surface area (Å²) < 4.78 is 12.6. The van der Waals surface area contributed by atoms with Crippen molar-refractivity contribution in [3.05, 3.63) is 78.4 Å². The molecule has 0 atom stereocenters. The molecular weight excluding hydrogens is 472 g/mol. The van der Waals surface area contributed by atoms with Gasteiger partial charge in [-0.15, -0.1) is 10.2 Å². The maximum absolute atomic E-state index is 12.8. The Hall–Kier alpha value is -3.78. The van der Waals surface area contributed by atoms with Crippen molar-refractivity contribution in [1.29, 1.82) is 0 Å². The summed E-state index contributed by atoms with van der Waals surface area (Å²) in [6.07, 6.45) is 0. The summed E-state index contributed by atoms with van der Waals surface area (Å²) >= 11 is 1.33. The van der Waals surface area contributed by atoms with E-state index in [1.807, 2.05) is 34.9 Å². The Morgan fingerprint density at radius 1 is 0.917 bits per heavy atom. The number of ether oxygens (including phenoxy) is 2. The number of nitrogens with one attached hydrogen (secondary N) is 1. The summed E-state index contributed by atoms with van der Waals surface area (Å²) in [7, 11) is 3.14. The van der Waals surface area contributed by atoms with Crippen molar-refractivity contribution < 1.29 is 14.3 Å². The number of benzene rings is 3. The Bertz CT molecular complexity index is 1310. The molecule has 0 fully saturated rings. The maximum Gasteiger partial charge on any atom is 0.234 e. The third-order valence-corrected chi connectivity index (χ3v) is 6.55. The van der Waals surface area contributed by atoms with E-state index >= 15 is 0 Å². The van der Waals surface area contributed by atoms with Gasteiger partial charge in [0.05, 0.1) is 20.0 Å². The number of nitrogens with zero attached hydrogens (tertiary/aromatic N) is 3. The molecule has 36 heavy (non-hydrogen) atoms. The summed E-state index contributed by atoms with van der Waals surface area (Å²) in [4.78, 5) is 12.8. The van der Waals surface area contributed by atoms with Gasteiger partial charge in [0.1, 0.15) is 11.5 Å². The number of para-hydroxylation sites is 1. The van der Waals surface area contributed by atoms with Crippen LogP contribution < -0.4 is 14.8 Å². The first kappa shape index (κ1) is 25.3. The van der Waals surface area contributed by atoms with Gasteiger partial charge in [0, 0.05) is 35.1 Å². The molecule has 4 rings (SSSR count). The molecule has 0 bridgehead atoms. The SMILES string of the molecule is COc1cc(NC(=O)CSc2nnc(-c3ccc(C(C)(C)C)cc3)n2-c2ccccc2)cc(OC)c1. The van der Waals surface area contributed by atoms with E-state index in [2.05, 4.69) is 60.6 Å². The van der Waals surface area contributed by atoms with E-state index in [1.54, 1.807) is 32.4 Å². The lowest BCUT2D eigenvalue weighted by Crippen LogP contribution is -2.14. The predicted octanol–water partition coefficient (Wildman–Crippen LogP) is 5.98. The second-order valence-corrected chi connectivity index (χ2v) is 10.2. The van der Waals surface area contributed by atoms with Gasteiger partial charge in [-0.25, -0.2) is 0 Å². The number of hydrogen-bond acceptors (Lipinski definition) is 6. The molecule has 0 aliphatic heterocycles. The first-order valence-corrected chi connectivity index (χ1v) is 12.5. The molecule has 1 N–H and O–H groups in total. The molecule has 7 nitrogen and oxygen atoms in total. The first-order chi connectivity index (χ1) is 17.3. The minimum absolute atomic E-state index is 0.0623. The summed E-state index contributed by atoms with van der Waals surface area (Å²) in [5, 5.41) is 12.5. The number of rotatable bonds is 8. The van der Waals surface area contributed by atoms with Crippen LogP contribution in [-0.2, 0) is 10.2 Å². The summed E-state index contributed by atoms with van der Waals surface area (Å²) in [5.41, 5.74) is 3.79. The second-order valence-electron chi connectivity index (χ2n) is 9.24. The van der Waals surface area contributed by atoms with Crippen LogP contribution in [0.15, 0.2) is 78.0 Å². The number of carbonyl (C=O) groups is 1. The average Bonchev–Trinajstić information content (AvgIpc) is 3.31. The maximum atomic E-state index is 12.8. The van der Waals surface area contributed by atoms with Crippen LogP contribution in [0.1, 0.15) is 26.3 Å². The van der Waals surface area contributed by atoms with Gasteiger partial charge in [0.2, 0.25) is 5.91 Å². The van der Waals surface area contributed by atoms with E-state index in [0.717, 1.165) is 17.1 Å². The van der Waals surface area contributed by atoms with Gasteiger partial charge in [-0.05, 0) is 23.1 Å². The Labute approximate surface area is 215 Å². The third kappa shape index (κ3) is 5.88. The Kier molecular flexibility index (Phi) is 7.64. The molecule has 8 heteroatoms. The Morgan fingerprint density at radius 3 is 2.14 bits per heavy atom. The van der Waals surface area contributed by atoms with Gasteiger partial charge < -0.3 is 14.8 Å². The molecule has 3 aromatic carbocycles. The van der Waals surface area contributed by atoms with Crippen molar-refractivity contribution in [3.8, 4) is 28.6 Å². The molecule has 0 radical (unpaired) electrons. The Balaban J connectivity index is 1.57. The molecule has 1 amide bonds. The number of aromatic nitrogens is 3. The van der Waals surface area contributed by atoms with E-state index in [9.17, 15) is 4.79 Å². The van der Waals surface area contributed by atoms with Crippen molar-refractivity contribution >= 4 is 23.4 Å². The zero-order chi connectivity index (χ0) is 25.7. The minimum Gasteiger partial charge on any atom is -0.497 e. The molecule has 1 aromatic heterocycles. The van der Waals surface area contributed by atoms with Crippen molar-refractivity contribution in [2.75, 3.05) is 25.3 Å². The lowest BCUT2D eigenvalue weighted by molar-refractivity contribution is -0.113. The molecule has 186 valence electrons. The van der Waals surface area contributed by atoms with E-state index in [4.69, 9.17) is 9.47 Å². The second kappa shape index (κ2) is 10.9. The number of anilines is 1. The van der Waals surface area contributed by atoms with Gasteiger partial charge >= 0.3 is 0 Å². The first-order valence-electron chi connectivity index (χ1n) is 11.6. The van der Waals surface area contributed by atoms with Gasteiger partial charge in [-0.2, -0.15) is 0 Å². The smallest absolute Gasteiger partial charge is 0.234 e. The molecule has 0 saturated carbocycles. The van der Waals surface area contributed by atoms with Crippen LogP contribution in [0.4, 0.5) is 5.69 Å². The normalized spacial score (nSPS) is 11.2. The highest BCUT2D eigenvalue weighted by atomic mass is 32.2. The fraction of sp³-hybridized carbons (Fsp3) is 0.250.